The van der Waals surface area contributed by atoms with Gasteiger partial charge in [-0.05, 0) is 60.2 Å². The first-order valence-corrected chi connectivity index (χ1v) is 13.1. The van der Waals surface area contributed by atoms with Crippen molar-refractivity contribution in [2.24, 2.45) is 4.99 Å². The van der Waals surface area contributed by atoms with Crippen molar-refractivity contribution in [3.05, 3.63) is 146 Å². The number of allylic oxidation sites excluding steroid dienone is 1. The summed E-state index contributed by atoms with van der Waals surface area (Å²) in [5, 5.41) is 2.14. The van der Waals surface area contributed by atoms with Crippen LogP contribution in [-0.4, -0.2) is 34.8 Å². The van der Waals surface area contributed by atoms with Crippen molar-refractivity contribution in [3.63, 3.8) is 0 Å². The molecule has 3 N–H and O–H groups in total. The van der Waals surface area contributed by atoms with Crippen LogP contribution in [0.2, 0.25) is 0 Å². The number of H-pyrrole nitrogens is 3. The molecule has 3 aromatic heterocycles. The molecule has 5 nitrogen and oxygen atoms in total. The second kappa shape index (κ2) is 9.47. The molecule has 0 saturated heterocycles. The largest absolute Gasteiger partial charge is 0.378 e. The molecule has 7 rings (SSSR count). The summed E-state index contributed by atoms with van der Waals surface area (Å²) < 4.78 is 72.9. The molecule has 5 aromatic rings. The Labute approximate surface area is 235 Å². The highest BCUT2D eigenvalue weighted by atomic mass is 19.2. The number of benzene rings is 2. The summed E-state index contributed by atoms with van der Waals surface area (Å²) in [4.78, 5) is 16.6. The molecule has 0 spiro atoms. The zero-order chi connectivity index (χ0) is 29.3. The van der Waals surface area contributed by atoms with E-state index in [0.717, 1.165) is 27.9 Å². The van der Waals surface area contributed by atoms with Crippen LogP contribution >= 0.6 is 0 Å². The van der Waals surface area contributed by atoms with Crippen LogP contribution in [0, 0.1) is 39.8 Å². The molecule has 2 aliphatic heterocycles. The van der Waals surface area contributed by atoms with Gasteiger partial charge in [0.25, 0.3) is 0 Å². The van der Waals surface area contributed by atoms with Crippen LogP contribution in [-0.2, 0) is 0 Å². The number of hydrogen-bond donors (Lipinski definition) is 3. The summed E-state index contributed by atoms with van der Waals surface area (Å²) in [5.74, 6) is -10.1. The summed E-state index contributed by atoms with van der Waals surface area (Å²) in [5.41, 5.74) is 3.10. The third kappa shape index (κ3) is 3.93. The van der Waals surface area contributed by atoms with Crippen molar-refractivity contribution < 1.29 is 22.0 Å². The predicted molar refractivity (Wildman–Crippen MR) is 150 cm³/mol. The van der Waals surface area contributed by atoms with Gasteiger partial charge in [0.1, 0.15) is 6.04 Å². The number of halogens is 5. The lowest BCUT2D eigenvalue weighted by molar-refractivity contribution is 0.376. The van der Waals surface area contributed by atoms with E-state index in [-0.39, 0.29) is 16.6 Å². The summed E-state index contributed by atoms with van der Waals surface area (Å²) >= 11 is 0. The quantitative estimate of drug-likeness (QED) is 0.155. The lowest BCUT2D eigenvalue weighted by Gasteiger charge is -2.14. The zero-order valence-electron chi connectivity index (χ0n) is 22.3. The number of hydrogen-bond acceptors (Lipinski definition) is 2. The second-order valence-electron chi connectivity index (χ2n) is 10.4. The average Bonchev–Trinajstić information content (AvgIpc) is 3.80. The van der Waals surface area contributed by atoms with E-state index in [9.17, 15) is 13.2 Å². The molecular weight excluding hydrogens is 549 g/mol. The Kier molecular flexibility index (Phi) is 5.82. The van der Waals surface area contributed by atoms with Crippen molar-refractivity contribution in [1.82, 2.24) is 15.0 Å². The zero-order valence-corrected chi connectivity index (χ0v) is 22.3. The van der Waals surface area contributed by atoms with Gasteiger partial charge in [-0.3, -0.25) is 4.99 Å². The number of aromatic amines is 3. The van der Waals surface area contributed by atoms with Crippen LogP contribution < -0.4 is 15.6 Å². The van der Waals surface area contributed by atoms with E-state index in [0.29, 0.717) is 16.4 Å². The van der Waals surface area contributed by atoms with Crippen molar-refractivity contribution in [3.8, 4) is 0 Å². The van der Waals surface area contributed by atoms with Crippen molar-refractivity contribution in [2.45, 2.75) is 6.04 Å². The molecule has 1 atom stereocenters. The molecule has 2 aliphatic rings. The number of rotatable bonds is 3. The molecule has 210 valence electrons. The Morgan fingerprint density at radius 1 is 0.619 bits per heavy atom. The standard InChI is InChI=1S/C32H22F5N5/c1-42(2)16-5-3-15(4-6-16)25-21-11-7-17(38-21)19-9-13-23(40-19)26(27-28(33)30(35)32(37)31(36)29(27)34)24-14-10-20(41-24)18-8-12-22(25)39-18/h3-14,17,39-41H,1-2H3/b20-18-,25-22-,26-24+. The number of nitrogens with zero attached hydrogens (tertiary/aromatic N) is 2. The highest BCUT2D eigenvalue weighted by molar-refractivity contribution is 6.29. The minimum Gasteiger partial charge on any atom is -0.378 e. The smallest absolute Gasteiger partial charge is 0.200 e. The Balaban J connectivity index is 1.57. The Bertz CT molecular complexity index is 2150. The molecule has 2 aromatic carbocycles. The number of anilines is 1. The lowest BCUT2D eigenvalue weighted by atomic mass is 10.00. The van der Waals surface area contributed by atoms with E-state index < -0.39 is 40.7 Å². The number of fused-ring (bicyclic) bond motifs is 8. The van der Waals surface area contributed by atoms with Gasteiger partial charge in [-0.1, -0.05) is 18.2 Å². The molecule has 0 amide bonds. The number of nitrogens with one attached hydrogen (secondary N) is 3. The molecule has 8 bridgehead atoms. The first kappa shape index (κ1) is 25.8. The molecule has 5 heterocycles. The van der Waals surface area contributed by atoms with Crippen LogP contribution in [0.3, 0.4) is 0 Å². The Morgan fingerprint density at radius 2 is 1.19 bits per heavy atom. The van der Waals surface area contributed by atoms with Crippen LogP contribution in [0.25, 0.3) is 11.1 Å². The fourth-order valence-electron chi connectivity index (χ4n) is 5.47. The van der Waals surface area contributed by atoms with Gasteiger partial charge in [0.15, 0.2) is 23.3 Å². The number of aliphatic imine (C=N–C) groups is 1. The maximum atomic E-state index is 15.1. The summed E-state index contributed by atoms with van der Waals surface area (Å²) in [7, 11) is 3.94. The van der Waals surface area contributed by atoms with E-state index in [1.165, 1.54) is 0 Å². The fraction of sp³-hybridized carbons (Fsp3) is 0.0938. The summed E-state index contributed by atoms with van der Waals surface area (Å²) in [6, 6.07) is 17.8. The Hall–Kier alpha value is -5.12. The highest BCUT2D eigenvalue weighted by Crippen LogP contribution is 2.33. The fourth-order valence-corrected chi connectivity index (χ4v) is 5.47. The first-order valence-electron chi connectivity index (χ1n) is 13.1. The first-order chi connectivity index (χ1) is 20.2. The van der Waals surface area contributed by atoms with Crippen molar-refractivity contribution >= 4 is 22.5 Å². The van der Waals surface area contributed by atoms with Crippen molar-refractivity contribution in [1.29, 1.82) is 0 Å². The van der Waals surface area contributed by atoms with E-state index in [1.807, 2.05) is 67.5 Å². The molecule has 0 fully saturated rings. The van der Waals surface area contributed by atoms with E-state index >= 15 is 8.78 Å². The van der Waals surface area contributed by atoms with Crippen LogP contribution in [0.5, 0.6) is 0 Å². The van der Waals surface area contributed by atoms with Crippen molar-refractivity contribution in [2.75, 3.05) is 19.0 Å². The van der Waals surface area contributed by atoms with E-state index in [2.05, 4.69) is 15.0 Å². The SMILES string of the molecule is CN(C)c1ccc(/C2=c3\cc/c([nH]3)=c3\cc/c([nH]3)=C(\c3c(F)c(F)c(F)c(F)c3F)c3ccc([nH]3)C3C=CC2=N3)cc1. The minimum atomic E-state index is -2.21. The summed E-state index contributed by atoms with van der Waals surface area (Å²) in [6.07, 6.45) is 3.79. The van der Waals surface area contributed by atoms with Gasteiger partial charge in [-0.15, -0.1) is 0 Å². The maximum Gasteiger partial charge on any atom is 0.200 e. The third-order valence-electron chi connectivity index (χ3n) is 7.60. The lowest BCUT2D eigenvalue weighted by Crippen LogP contribution is -2.16. The Morgan fingerprint density at radius 3 is 1.81 bits per heavy atom. The van der Waals surface area contributed by atoms with E-state index in [1.54, 1.807) is 24.3 Å². The van der Waals surface area contributed by atoms with Gasteiger partial charge in [0, 0.05) is 53.0 Å². The number of aromatic nitrogens is 3. The maximum absolute atomic E-state index is 15.1. The van der Waals surface area contributed by atoms with Gasteiger partial charge in [0.2, 0.25) is 5.82 Å². The monoisotopic (exact) mass is 571 g/mol. The van der Waals surface area contributed by atoms with E-state index in [4.69, 9.17) is 4.99 Å². The normalized spacial score (nSPS) is 19.1. The van der Waals surface area contributed by atoms with Gasteiger partial charge in [-0.2, -0.15) is 0 Å². The average molecular weight is 572 g/mol. The minimum absolute atomic E-state index is 0.157. The van der Waals surface area contributed by atoms with Crippen LogP contribution in [0.15, 0.2) is 77.8 Å². The predicted octanol–water partition coefficient (Wildman–Crippen LogP) is 5.23. The molecule has 0 aliphatic carbocycles. The van der Waals surface area contributed by atoms with Gasteiger partial charge < -0.3 is 19.9 Å². The molecule has 0 radical (unpaired) electrons. The third-order valence-corrected chi connectivity index (χ3v) is 7.60. The molecular formula is C32H22F5N5. The topological polar surface area (TPSA) is 63.0 Å². The summed E-state index contributed by atoms with van der Waals surface area (Å²) in [6.45, 7) is 0. The molecule has 1 unspecified atom stereocenters. The second-order valence-corrected chi connectivity index (χ2v) is 10.4. The van der Waals surface area contributed by atoms with Gasteiger partial charge in [0.05, 0.1) is 22.0 Å². The molecule has 0 saturated carbocycles. The van der Waals surface area contributed by atoms with Gasteiger partial charge >= 0.3 is 0 Å². The van der Waals surface area contributed by atoms with Crippen LogP contribution in [0.1, 0.15) is 28.6 Å². The van der Waals surface area contributed by atoms with Gasteiger partial charge in [-0.25, -0.2) is 22.0 Å². The van der Waals surface area contributed by atoms with Crippen LogP contribution in [0.4, 0.5) is 27.6 Å². The molecule has 42 heavy (non-hydrogen) atoms. The highest BCUT2D eigenvalue weighted by Gasteiger charge is 2.30. The molecule has 10 heteroatoms.